The number of aliphatic hydroxyl groups excluding tert-OH is 1. The molecule has 0 radical (unpaired) electrons. The van der Waals surface area contributed by atoms with Gasteiger partial charge < -0.3 is 14.6 Å². The summed E-state index contributed by atoms with van der Waals surface area (Å²) in [4.78, 5) is 0. The first-order valence-electron chi connectivity index (χ1n) is 5.52. The van der Waals surface area contributed by atoms with Crippen molar-refractivity contribution in [3.63, 3.8) is 0 Å². The van der Waals surface area contributed by atoms with Crippen molar-refractivity contribution in [2.24, 2.45) is 0 Å². The van der Waals surface area contributed by atoms with Crippen molar-refractivity contribution in [2.75, 3.05) is 13.2 Å². The smallest absolute Gasteiger partial charge is 0.0788 e. The summed E-state index contributed by atoms with van der Waals surface area (Å²) < 4.78 is 11.3. The second kappa shape index (κ2) is 5.10. The molecule has 0 aromatic heterocycles. The largest absolute Gasteiger partial charge is 0.394 e. The van der Waals surface area contributed by atoms with Gasteiger partial charge in [-0.2, -0.15) is 0 Å². The van der Waals surface area contributed by atoms with Gasteiger partial charge in [-0.3, -0.25) is 0 Å². The Bertz CT molecular complexity index is 166. The first-order chi connectivity index (χ1) is 6.62. The highest BCUT2D eigenvalue weighted by Gasteiger charge is 2.43. The average Bonchev–Trinajstić information content (AvgIpc) is 2.95. The lowest BCUT2D eigenvalue weighted by atomic mass is 10.2. The van der Waals surface area contributed by atoms with Gasteiger partial charge >= 0.3 is 0 Å². The maximum absolute atomic E-state index is 8.77. The third-order valence-electron chi connectivity index (χ3n) is 2.78. The summed E-state index contributed by atoms with van der Waals surface area (Å²) in [6.45, 7) is 6.70. The van der Waals surface area contributed by atoms with Crippen molar-refractivity contribution in [1.29, 1.82) is 0 Å². The molecule has 0 bridgehead atoms. The molecule has 0 aromatic rings. The van der Waals surface area contributed by atoms with Crippen molar-refractivity contribution < 1.29 is 14.6 Å². The third kappa shape index (κ3) is 3.56. The summed E-state index contributed by atoms with van der Waals surface area (Å²) in [5, 5.41) is 8.77. The van der Waals surface area contributed by atoms with E-state index in [0.717, 1.165) is 6.42 Å². The first-order valence-corrected chi connectivity index (χ1v) is 5.52. The highest BCUT2D eigenvalue weighted by atomic mass is 16.6. The van der Waals surface area contributed by atoms with Crippen molar-refractivity contribution in [2.45, 2.75) is 57.8 Å². The predicted octanol–water partition coefficient (Wildman–Crippen LogP) is 1.73. The van der Waals surface area contributed by atoms with Crippen molar-refractivity contribution >= 4 is 0 Å². The molecule has 1 N–H and O–H groups in total. The maximum Gasteiger partial charge on any atom is 0.0788 e. The zero-order valence-corrected chi connectivity index (χ0v) is 9.45. The molecule has 0 aromatic carbocycles. The van der Waals surface area contributed by atoms with Crippen LogP contribution in [0.1, 0.15) is 40.0 Å². The lowest BCUT2D eigenvalue weighted by molar-refractivity contribution is -0.0831. The molecule has 3 nitrogen and oxygen atoms in total. The Kier molecular flexibility index (Phi) is 4.35. The minimum absolute atomic E-state index is 0.0750. The third-order valence-corrected chi connectivity index (χ3v) is 2.78. The second-order valence-electron chi connectivity index (χ2n) is 4.29. The van der Waals surface area contributed by atoms with Crippen LogP contribution in [0, 0.1) is 0 Å². The van der Waals surface area contributed by atoms with Crippen molar-refractivity contribution in [3.05, 3.63) is 0 Å². The van der Waals surface area contributed by atoms with Crippen LogP contribution in [0.15, 0.2) is 0 Å². The summed E-state index contributed by atoms with van der Waals surface area (Å²) >= 11 is 0. The fourth-order valence-electron chi connectivity index (χ4n) is 1.51. The lowest BCUT2D eigenvalue weighted by Gasteiger charge is -2.21. The molecule has 14 heavy (non-hydrogen) atoms. The molecule has 0 aliphatic heterocycles. The number of hydrogen-bond acceptors (Lipinski definition) is 3. The Morgan fingerprint density at radius 2 is 1.93 bits per heavy atom. The Balaban J connectivity index is 2.13. The van der Waals surface area contributed by atoms with Crippen LogP contribution in [0.3, 0.4) is 0 Å². The standard InChI is InChI=1S/C11H22O3/c1-4-11(5-6-11)14-10(3)8-13-9(2)7-12/h9-10,12H,4-8H2,1-3H3. The summed E-state index contributed by atoms with van der Waals surface area (Å²) in [5.74, 6) is 0. The molecule has 2 unspecified atom stereocenters. The quantitative estimate of drug-likeness (QED) is 0.683. The molecule has 1 saturated carbocycles. The number of aliphatic hydroxyl groups is 1. The van der Waals surface area contributed by atoms with E-state index in [1.807, 2.05) is 13.8 Å². The highest BCUT2D eigenvalue weighted by molar-refractivity contribution is 4.94. The molecule has 0 heterocycles. The van der Waals surface area contributed by atoms with Gasteiger partial charge in [0.05, 0.1) is 31.0 Å². The maximum atomic E-state index is 8.77. The minimum atomic E-state index is -0.0853. The Labute approximate surface area is 86.4 Å². The van der Waals surface area contributed by atoms with E-state index in [4.69, 9.17) is 14.6 Å². The number of rotatable bonds is 7. The molecule has 0 saturated heterocycles. The summed E-state index contributed by atoms with van der Waals surface area (Å²) in [6, 6.07) is 0. The van der Waals surface area contributed by atoms with Crippen LogP contribution in [0.5, 0.6) is 0 Å². The lowest BCUT2D eigenvalue weighted by Crippen LogP contribution is -2.27. The minimum Gasteiger partial charge on any atom is -0.394 e. The normalized spacial score (nSPS) is 23.1. The predicted molar refractivity (Wildman–Crippen MR) is 55.3 cm³/mol. The molecule has 84 valence electrons. The van der Waals surface area contributed by atoms with E-state index >= 15 is 0 Å². The molecular formula is C11H22O3. The summed E-state index contributed by atoms with van der Waals surface area (Å²) in [6.07, 6.45) is 3.50. The van der Waals surface area contributed by atoms with Crippen molar-refractivity contribution in [1.82, 2.24) is 0 Å². The van der Waals surface area contributed by atoms with Crippen LogP contribution in [-0.2, 0) is 9.47 Å². The van der Waals surface area contributed by atoms with Crippen LogP contribution in [-0.4, -0.2) is 36.1 Å². The van der Waals surface area contributed by atoms with E-state index in [2.05, 4.69) is 6.92 Å². The van der Waals surface area contributed by atoms with Gasteiger partial charge in [-0.25, -0.2) is 0 Å². The Hall–Kier alpha value is -0.120. The van der Waals surface area contributed by atoms with Gasteiger partial charge in [-0.05, 0) is 33.1 Å². The topological polar surface area (TPSA) is 38.7 Å². The number of hydrogen-bond donors (Lipinski definition) is 1. The van der Waals surface area contributed by atoms with Crippen LogP contribution in [0.2, 0.25) is 0 Å². The molecule has 1 fully saturated rings. The van der Waals surface area contributed by atoms with Crippen LogP contribution >= 0.6 is 0 Å². The second-order valence-corrected chi connectivity index (χ2v) is 4.29. The van der Waals surface area contributed by atoms with E-state index in [1.165, 1.54) is 12.8 Å². The Morgan fingerprint density at radius 1 is 1.29 bits per heavy atom. The van der Waals surface area contributed by atoms with Crippen LogP contribution < -0.4 is 0 Å². The van der Waals surface area contributed by atoms with E-state index in [9.17, 15) is 0 Å². The summed E-state index contributed by atoms with van der Waals surface area (Å²) in [7, 11) is 0. The van der Waals surface area contributed by atoms with Crippen LogP contribution in [0.4, 0.5) is 0 Å². The highest BCUT2D eigenvalue weighted by Crippen LogP contribution is 2.43. The van der Waals surface area contributed by atoms with E-state index in [-0.39, 0.29) is 24.4 Å². The molecule has 0 amide bonds. The summed E-state index contributed by atoms with van der Waals surface area (Å²) in [5.41, 5.74) is 0.158. The van der Waals surface area contributed by atoms with Gasteiger partial charge in [-0.15, -0.1) is 0 Å². The van der Waals surface area contributed by atoms with Crippen molar-refractivity contribution in [3.8, 4) is 0 Å². The molecule has 2 atom stereocenters. The fourth-order valence-corrected chi connectivity index (χ4v) is 1.51. The zero-order chi connectivity index (χ0) is 10.6. The Morgan fingerprint density at radius 3 is 2.36 bits per heavy atom. The van der Waals surface area contributed by atoms with Gasteiger partial charge in [-0.1, -0.05) is 6.92 Å². The van der Waals surface area contributed by atoms with E-state index < -0.39 is 0 Å². The van der Waals surface area contributed by atoms with Crippen LogP contribution in [0.25, 0.3) is 0 Å². The average molecular weight is 202 g/mol. The SMILES string of the molecule is CCC1(OC(C)COC(C)CO)CC1. The fraction of sp³-hybridized carbons (Fsp3) is 1.00. The van der Waals surface area contributed by atoms with Gasteiger partial charge in [0, 0.05) is 0 Å². The molecular weight excluding hydrogens is 180 g/mol. The van der Waals surface area contributed by atoms with E-state index in [1.54, 1.807) is 0 Å². The molecule has 3 heteroatoms. The molecule has 1 aliphatic rings. The molecule has 0 spiro atoms. The monoisotopic (exact) mass is 202 g/mol. The van der Waals surface area contributed by atoms with Gasteiger partial charge in [0.1, 0.15) is 0 Å². The van der Waals surface area contributed by atoms with Gasteiger partial charge in [0.2, 0.25) is 0 Å². The first kappa shape index (κ1) is 12.0. The number of ether oxygens (including phenoxy) is 2. The van der Waals surface area contributed by atoms with Gasteiger partial charge in [0.25, 0.3) is 0 Å². The molecule has 1 rings (SSSR count). The van der Waals surface area contributed by atoms with Gasteiger partial charge in [0.15, 0.2) is 0 Å². The van der Waals surface area contributed by atoms with E-state index in [0.29, 0.717) is 6.61 Å². The zero-order valence-electron chi connectivity index (χ0n) is 9.45. The molecule has 1 aliphatic carbocycles.